The number of pyridine rings is 1. The molecule has 3 aromatic rings. The highest BCUT2D eigenvalue weighted by Gasteiger charge is 2.06. The number of phenolic OH excluding ortho intramolecular Hbond substituents is 1. The fraction of sp³-hybridized carbons (Fsp3) is 0.0833. The van der Waals surface area contributed by atoms with E-state index < -0.39 is 0 Å². The van der Waals surface area contributed by atoms with Gasteiger partial charge in [0.25, 0.3) is 0 Å². The summed E-state index contributed by atoms with van der Waals surface area (Å²) < 4.78 is 0. The monoisotopic (exact) mass is 252 g/mol. The van der Waals surface area contributed by atoms with Crippen molar-refractivity contribution < 1.29 is 10.6 Å². The normalized spacial score (nSPS) is 9.94. The van der Waals surface area contributed by atoms with E-state index in [1.807, 2.05) is 19.1 Å². The van der Waals surface area contributed by atoms with Gasteiger partial charge < -0.3 is 15.6 Å². The van der Waals surface area contributed by atoms with Gasteiger partial charge in [0.05, 0.1) is 16.7 Å². The number of fused-ring (bicyclic) bond motifs is 3. The van der Waals surface area contributed by atoms with Crippen LogP contribution < -0.4 is 0 Å². The smallest absolute Gasteiger partial charge is 0.117 e. The number of hydrogen-bond acceptors (Lipinski definition) is 2. The minimum absolute atomic E-state index is 0. The number of rotatable bonds is 0. The van der Waals surface area contributed by atoms with E-state index in [1.54, 1.807) is 18.3 Å². The summed E-state index contributed by atoms with van der Waals surface area (Å²) >= 11 is 0. The number of phenols is 1. The van der Waals surface area contributed by atoms with Crippen molar-refractivity contribution in [3.63, 3.8) is 0 Å². The van der Waals surface area contributed by atoms with Gasteiger partial charge in [-0.2, -0.15) is 0 Å². The zero-order chi connectivity index (χ0) is 10.4. The Hall–Kier alpha value is -1.78. The van der Waals surface area contributed by atoms with E-state index in [0.717, 1.165) is 27.5 Å². The number of nitrogens with one attached hydrogen (secondary N) is 1. The molecule has 4 N–H and O–H groups in total. The Morgan fingerprint density at radius 2 is 1.94 bits per heavy atom. The van der Waals surface area contributed by atoms with Crippen LogP contribution in [0.1, 0.15) is 5.69 Å². The van der Waals surface area contributed by atoms with Gasteiger partial charge in [-0.25, -0.2) is 0 Å². The van der Waals surface area contributed by atoms with E-state index in [1.165, 1.54) is 0 Å². The summed E-state index contributed by atoms with van der Waals surface area (Å²) in [6.45, 7) is 1.97. The maximum absolute atomic E-state index is 9.39. The molecule has 1 aromatic carbocycles. The molecule has 0 amide bonds. The average molecular weight is 253 g/mol. The van der Waals surface area contributed by atoms with Crippen molar-refractivity contribution in [2.75, 3.05) is 0 Å². The summed E-state index contributed by atoms with van der Waals surface area (Å²) in [6.07, 6.45) is 1.80. The Morgan fingerprint density at radius 1 is 1.18 bits per heavy atom. The van der Waals surface area contributed by atoms with Crippen molar-refractivity contribution in [1.82, 2.24) is 9.97 Å². The number of hydrogen-bond donors (Lipinski definition) is 2. The van der Waals surface area contributed by atoms with Crippen molar-refractivity contribution in [3.05, 3.63) is 36.2 Å². The van der Waals surface area contributed by atoms with Gasteiger partial charge in [-0.3, -0.25) is 4.98 Å². The lowest BCUT2D eigenvalue weighted by atomic mass is 10.1. The summed E-state index contributed by atoms with van der Waals surface area (Å²) in [7, 11) is 0. The molecular weight excluding hydrogens is 240 g/mol. The van der Waals surface area contributed by atoms with Crippen LogP contribution in [0.3, 0.4) is 0 Å². The molecule has 5 heteroatoms. The molecule has 0 atom stereocenters. The van der Waals surface area contributed by atoms with Crippen LogP contribution in [0, 0.1) is 6.92 Å². The third-order valence-electron chi connectivity index (χ3n) is 2.69. The second-order valence-corrected chi connectivity index (χ2v) is 3.67. The van der Waals surface area contributed by atoms with Crippen LogP contribution in [-0.2, 0) is 0 Å². The van der Waals surface area contributed by atoms with E-state index in [9.17, 15) is 5.11 Å². The predicted octanol–water partition coefficient (Wildman–Crippen LogP) is 2.33. The number of aromatic hydroxyl groups is 1. The summed E-state index contributed by atoms with van der Waals surface area (Å²) in [6, 6.07) is 7.33. The largest absolute Gasteiger partial charge is 0.508 e. The maximum Gasteiger partial charge on any atom is 0.117 e. The fourth-order valence-corrected chi connectivity index (χ4v) is 1.95. The molecule has 0 fully saturated rings. The lowest BCUT2D eigenvalue weighted by Gasteiger charge is -1.93. The summed E-state index contributed by atoms with van der Waals surface area (Å²) in [5.74, 6) is 0.277. The Labute approximate surface area is 104 Å². The fourth-order valence-electron chi connectivity index (χ4n) is 1.95. The van der Waals surface area contributed by atoms with Crippen LogP contribution in [0.2, 0.25) is 0 Å². The summed E-state index contributed by atoms with van der Waals surface area (Å²) in [5.41, 5.74) is 2.96. The molecule has 0 bridgehead atoms. The van der Waals surface area contributed by atoms with Crippen molar-refractivity contribution in [2.24, 2.45) is 0 Å². The van der Waals surface area contributed by atoms with E-state index in [2.05, 4.69) is 9.97 Å². The Kier molecular flexibility index (Phi) is 3.60. The second kappa shape index (κ2) is 4.61. The lowest BCUT2D eigenvalue weighted by molar-refractivity contribution is 0.476. The second-order valence-electron chi connectivity index (χ2n) is 3.67. The van der Waals surface area contributed by atoms with Gasteiger partial charge in [-0.15, -0.1) is 12.4 Å². The highest BCUT2D eigenvalue weighted by Crippen LogP contribution is 2.28. The molecule has 90 valence electrons. The van der Waals surface area contributed by atoms with Crippen molar-refractivity contribution in [3.8, 4) is 5.75 Å². The first kappa shape index (κ1) is 13.3. The van der Waals surface area contributed by atoms with Crippen LogP contribution in [0.15, 0.2) is 30.5 Å². The number of nitrogens with zero attached hydrogens (tertiary/aromatic N) is 1. The van der Waals surface area contributed by atoms with Crippen LogP contribution in [0.25, 0.3) is 21.8 Å². The quantitative estimate of drug-likeness (QED) is 0.644. The molecular formula is C12H13ClN2O2. The number of aromatic amines is 1. The third kappa shape index (κ3) is 1.92. The van der Waals surface area contributed by atoms with Crippen LogP contribution in [0.4, 0.5) is 0 Å². The van der Waals surface area contributed by atoms with Gasteiger partial charge in [0, 0.05) is 23.0 Å². The zero-order valence-corrected chi connectivity index (χ0v) is 10.0. The van der Waals surface area contributed by atoms with E-state index in [-0.39, 0.29) is 23.6 Å². The number of H-pyrrole nitrogens is 1. The van der Waals surface area contributed by atoms with E-state index in [0.29, 0.717) is 0 Å². The topological polar surface area (TPSA) is 80.4 Å². The SMILES string of the molecule is Cc1nccc2c1[nH]c1cc(O)ccc12.Cl.O. The number of aromatic nitrogens is 2. The summed E-state index contributed by atoms with van der Waals surface area (Å²) in [5, 5.41) is 11.7. The standard InChI is InChI=1S/C12H10N2O.ClH.H2O/c1-7-12-10(4-5-13-7)9-3-2-8(15)6-11(9)14-12;;/h2-6,14-15H,1H3;1H;1H2. The Bertz CT molecular complexity index is 664. The van der Waals surface area contributed by atoms with Gasteiger partial charge in [0.1, 0.15) is 5.75 Å². The number of benzene rings is 1. The van der Waals surface area contributed by atoms with E-state index >= 15 is 0 Å². The van der Waals surface area contributed by atoms with Crippen molar-refractivity contribution >= 4 is 34.2 Å². The van der Waals surface area contributed by atoms with Crippen molar-refractivity contribution in [1.29, 1.82) is 0 Å². The first-order valence-electron chi connectivity index (χ1n) is 4.82. The van der Waals surface area contributed by atoms with Crippen molar-refractivity contribution in [2.45, 2.75) is 6.92 Å². The predicted molar refractivity (Wildman–Crippen MR) is 70.9 cm³/mol. The first-order valence-corrected chi connectivity index (χ1v) is 4.82. The molecule has 0 unspecified atom stereocenters. The van der Waals surface area contributed by atoms with Crippen LogP contribution >= 0.6 is 12.4 Å². The minimum Gasteiger partial charge on any atom is -0.508 e. The summed E-state index contributed by atoms with van der Waals surface area (Å²) in [4.78, 5) is 7.50. The third-order valence-corrected chi connectivity index (χ3v) is 2.69. The van der Waals surface area contributed by atoms with Gasteiger partial charge in [0.2, 0.25) is 0 Å². The molecule has 0 aliphatic heterocycles. The highest BCUT2D eigenvalue weighted by molar-refractivity contribution is 6.08. The van der Waals surface area contributed by atoms with Crippen LogP contribution in [-0.4, -0.2) is 20.6 Å². The van der Waals surface area contributed by atoms with Gasteiger partial charge >= 0.3 is 0 Å². The van der Waals surface area contributed by atoms with E-state index in [4.69, 9.17) is 0 Å². The molecule has 3 rings (SSSR count). The zero-order valence-electron chi connectivity index (χ0n) is 9.19. The maximum atomic E-state index is 9.39. The Morgan fingerprint density at radius 3 is 2.71 bits per heavy atom. The molecule has 0 radical (unpaired) electrons. The molecule has 0 spiro atoms. The molecule has 0 saturated carbocycles. The molecule has 2 aromatic heterocycles. The Balaban J connectivity index is 0.000000722. The molecule has 0 aliphatic rings. The first-order chi connectivity index (χ1) is 7.25. The molecule has 0 saturated heterocycles. The van der Waals surface area contributed by atoms with Gasteiger partial charge in [-0.1, -0.05) is 0 Å². The molecule has 2 heterocycles. The molecule has 4 nitrogen and oxygen atoms in total. The lowest BCUT2D eigenvalue weighted by Crippen LogP contribution is -1.79. The number of aryl methyl sites for hydroxylation is 1. The van der Waals surface area contributed by atoms with Gasteiger partial charge in [-0.05, 0) is 25.1 Å². The number of halogens is 1. The molecule has 17 heavy (non-hydrogen) atoms. The minimum atomic E-state index is 0. The van der Waals surface area contributed by atoms with Crippen LogP contribution in [0.5, 0.6) is 5.75 Å². The average Bonchev–Trinajstić information content (AvgIpc) is 2.57. The van der Waals surface area contributed by atoms with Gasteiger partial charge in [0.15, 0.2) is 0 Å². The molecule has 0 aliphatic carbocycles. The highest BCUT2D eigenvalue weighted by atomic mass is 35.5.